The molecule has 138 valence electrons. The van der Waals surface area contributed by atoms with Gasteiger partial charge in [-0.25, -0.2) is 0 Å². The number of aryl methyl sites for hydroxylation is 2. The third-order valence-electron chi connectivity index (χ3n) is 5.08. The maximum absolute atomic E-state index is 9.83. The summed E-state index contributed by atoms with van der Waals surface area (Å²) in [5.74, 6) is 0. The smallest absolute Gasteiger partial charge is 0.184 e. The third kappa shape index (κ3) is 3.41. The molecule has 1 N–H and O–H groups in total. The van der Waals surface area contributed by atoms with Crippen LogP contribution in [0.5, 0.6) is 0 Å². The number of hydrogen-bond donors (Lipinski definition) is 1. The van der Waals surface area contributed by atoms with Gasteiger partial charge in [-0.1, -0.05) is 48.5 Å². The second kappa shape index (κ2) is 7.47. The van der Waals surface area contributed by atoms with Gasteiger partial charge in [-0.15, -0.1) is 0 Å². The Bertz CT molecular complexity index is 739. The van der Waals surface area contributed by atoms with E-state index in [0.717, 1.165) is 11.1 Å². The summed E-state index contributed by atoms with van der Waals surface area (Å²) in [6.07, 6.45) is -2.13. The van der Waals surface area contributed by atoms with Crippen molar-refractivity contribution >= 4 is 0 Å². The van der Waals surface area contributed by atoms with Crippen LogP contribution in [0.1, 0.15) is 34.8 Å². The van der Waals surface area contributed by atoms with Crippen LogP contribution in [0.25, 0.3) is 0 Å². The fourth-order valence-electron chi connectivity index (χ4n) is 3.42. The van der Waals surface area contributed by atoms with Crippen LogP contribution in [0.3, 0.4) is 0 Å². The van der Waals surface area contributed by atoms with E-state index in [4.69, 9.17) is 18.9 Å². The zero-order valence-corrected chi connectivity index (χ0v) is 15.0. The standard InChI is InChI=1S/C21H24O5/c1-13-8-9-16(10-14(13)2)20-23-12-18-19(26-20)17(11-22)24-21(25-18)15-6-4-3-5-7-15/h3-10,17-22H,11-12H2,1-2H3/t17-,18+,19+,20?,21?/m1/s1. The molecule has 2 aromatic rings. The Labute approximate surface area is 153 Å². The van der Waals surface area contributed by atoms with Crippen LogP contribution < -0.4 is 0 Å². The van der Waals surface area contributed by atoms with Crippen molar-refractivity contribution in [2.75, 3.05) is 13.2 Å². The van der Waals surface area contributed by atoms with Crippen molar-refractivity contribution in [3.05, 3.63) is 70.8 Å². The van der Waals surface area contributed by atoms with Crippen molar-refractivity contribution in [3.8, 4) is 0 Å². The van der Waals surface area contributed by atoms with Gasteiger partial charge in [-0.3, -0.25) is 0 Å². The molecule has 26 heavy (non-hydrogen) atoms. The van der Waals surface area contributed by atoms with Crippen molar-refractivity contribution in [1.82, 2.24) is 0 Å². The minimum Gasteiger partial charge on any atom is -0.394 e. The summed E-state index contributed by atoms with van der Waals surface area (Å²) in [7, 11) is 0. The number of aliphatic hydroxyl groups excluding tert-OH is 1. The average molecular weight is 356 g/mol. The van der Waals surface area contributed by atoms with Crippen LogP contribution in [0.2, 0.25) is 0 Å². The fraction of sp³-hybridized carbons (Fsp3) is 0.429. The predicted octanol–water partition coefficient (Wildman–Crippen LogP) is 3.19. The minimum atomic E-state index is -0.528. The summed E-state index contributed by atoms with van der Waals surface area (Å²) in [6.45, 7) is 4.41. The number of benzene rings is 2. The molecule has 5 heteroatoms. The van der Waals surface area contributed by atoms with Gasteiger partial charge in [0.1, 0.15) is 18.3 Å². The molecule has 2 fully saturated rings. The van der Waals surface area contributed by atoms with E-state index in [1.165, 1.54) is 11.1 Å². The van der Waals surface area contributed by atoms with Gasteiger partial charge in [0.25, 0.3) is 0 Å². The Kier molecular flexibility index (Phi) is 5.07. The van der Waals surface area contributed by atoms with Crippen molar-refractivity contribution in [2.45, 2.75) is 44.7 Å². The highest BCUT2D eigenvalue weighted by atomic mass is 16.8. The van der Waals surface area contributed by atoms with E-state index in [0.29, 0.717) is 6.61 Å². The maximum atomic E-state index is 9.83. The third-order valence-corrected chi connectivity index (χ3v) is 5.08. The van der Waals surface area contributed by atoms with Gasteiger partial charge in [0.2, 0.25) is 0 Å². The lowest BCUT2D eigenvalue weighted by Gasteiger charge is -2.45. The van der Waals surface area contributed by atoms with Crippen LogP contribution in [0, 0.1) is 13.8 Å². The summed E-state index contributed by atoms with van der Waals surface area (Å²) < 4.78 is 24.1. The molecule has 2 aromatic carbocycles. The topological polar surface area (TPSA) is 57.2 Å². The normalized spacial score (nSPS) is 31.4. The Hall–Kier alpha value is -1.76. The first-order valence-electron chi connectivity index (χ1n) is 8.96. The molecule has 0 bridgehead atoms. The van der Waals surface area contributed by atoms with Crippen molar-refractivity contribution < 1.29 is 24.1 Å². The van der Waals surface area contributed by atoms with Crippen LogP contribution in [0.4, 0.5) is 0 Å². The number of aliphatic hydroxyl groups is 1. The Morgan fingerprint density at radius 3 is 2.42 bits per heavy atom. The van der Waals surface area contributed by atoms with Gasteiger partial charge in [0.15, 0.2) is 12.6 Å². The second-order valence-electron chi connectivity index (χ2n) is 6.88. The van der Waals surface area contributed by atoms with E-state index in [2.05, 4.69) is 26.0 Å². The molecular formula is C21H24O5. The van der Waals surface area contributed by atoms with Gasteiger partial charge in [0.05, 0.1) is 13.2 Å². The number of hydrogen-bond acceptors (Lipinski definition) is 5. The maximum Gasteiger partial charge on any atom is 0.184 e. The highest BCUT2D eigenvalue weighted by molar-refractivity contribution is 5.30. The number of rotatable bonds is 3. The molecule has 2 aliphatic rings. The first-order chi connectivity index (χ1) is 12.7. The molecule has 4 rings (SSSR count). The second-order valence-corrected chi connectivity index (χ2v) is 6.88. The minimum absolute atomic E-state index is 0.131. The van der Waals surface area contributed by atoms with Crippen LogP contribution in [-0.2, 0) is 18.9 Å². The highest BCUT2D eigenvalue weighted by Gasteiger charge is 2.45. The molecule has 2 aliphatic heterocycles. The highest BCUT2D eigenvalue weighted by Crippen LogP contribution is 2.37. The van der Waals surface area contributed by atoms with Crippen molar-refractivity contribution in [1.29, 1.82) is 0 Å². The van der Waals surface area contributed by atoms with Crippen molar-refractivity contribution in [2.24, 2.45) is 0 Å². The SMILES string of the molecule is Cc1ccc(C2OC[C@@H]3OC(c4ccccc4)O[C@H](CO)[C@@H]3O2)cc1C. The van der Waals surface area contributed by atoms with E-state index >= 15 is 0 Å². The van der Waals surface area contributed by atoms with Gasteiger partial charge < -0.3 is 24.1 Å². The first kappa shape index (κ1) is 17.6. The van der Waals surface area contributed by atoms with Gasteiger partial charge in [0, 0.05) is 11.1 Å². The Morgan fingerprint density at radius 1 is 0.885 bits per heavy atom. The molecule has 0 radical (unpaired) electrons. The van der Waals surface area contributed by atoms with E-state index in [9.17, 15) is 5.11 Å². The monoisotopic (exact) mass is 356 g/mol. The van der Waals surface area contributed by atoms with Crippen molar-refractivity contribution in [3.63, 3.8) is 0 Å². The predicted molar refractivity (Wildman–Crippen MR) is 95.5 cm³/mol. The molecule has 2 unspecified atom stereocenters. The molecule has 2 saturated heterocycles. The van der Waals surface area contributed by atoms with Crippen LogP contribution >= 0.6 is 0 Å². The lowest BCUT2D eigenvalue weighted by atomic mass is 10.0. The molecule has 2 heterocycles. The van der Waals surface area contributed by atoms with Crippen LogP contribution in [-0.4, -0.2) is 36.6 Å². The van der Waals surface area contributed by atoms with E-state index in [-0.39, 0.29) is 18.8 Å². The van der Waals surface area contributed by atoms with E-state index < -0.39 is 18.7 Å². The van der Waals surface area contributed by atoms with Gasteiger partial charge >= 0.3 is 0 Å². The summed E-state index contributed by atoms with van der Waals surface area (Å²) in [5, 5.41) is 9.83. The lowest BCUT2D eigenvalue weighted by Crippen LogP contribution is -2.55. The molecule has 5 atom stereocenters. The average Bonchev–Trinajstić information content (AvgIpc) is 2.69. The molecule has 0 spiro atoms. The zero-order valence-electron chi connectivity index (χ0n) is 15.0. The van der Waals surface area contributed by atoms with Gasteiger partial charge in [-0.2, -0.15) is 0 Å². The molecule has 0 aromatic heterocycles. The Morgan fingerprint density at radius 2 is 1.69 bits per heavy atom. The molecule has 0 saturated carbocycles. The lowest BCUT2D eigenvalue weighted by molar-refractivity contribution is -0.366. The number of fused-ring (bicyclic) bond motifs is 1. The summed E-state index contributed by atoms with van der Waals surface area (Å²) in [4.78, 5) is 0. The molecule has 0 amide bonds. The first-order valence-corrected chi connectivity index (χ1v) is 8.96. The Balaban J connectivity index is 1.51. The van der Waals surface area contributed by atoms with Crippen LogP contribution in [0.15, 0.2) is 48.5 Å². The summed E-state index contributed by atoms with van der Waals surface area (Å²) >= 11 is 0. The largest absolute Gasteiger partial charge is 0.394 e. The van der Waals surface area contributed by atoms with E-state index in [1.54, 1.807) is 0 Å². The molecule has 0 aliphatic carbocycles. The summed E-state index contributed by atoms with van der Waals surface area (Å²) in [6, 6.07) is 15.9. The fourth-order valence-corrected chi connectivity index (χ4v) is 3.42. The summed E-state index contributed by atoms with van der Waals surface area (Å²) in [5.41, 5.74) is 4.30. The zero-order chi connectivity index (χ0) is 18.1. The molecular weight excluding hydrogens is 332 g/mol. The number of ether oxygens (including phenoxy) is 4. The van der Waals surface area contributed by atoms with Gasteiger partial charge in [-0.05, 0) is 25.0 Å². The quantitative estimate of drug-likeness (QED) is 0.915. The molecule has 5 nitrogen and oxygen atoms in total. The van der Waals surface area contributed by atoms with E-state index in [1.807, 2.05) is 36.4 Å².